The first-order chi connectivity index (χ1) is 10.1. The van der Waals surface area contributed by atoms with Gasteiger partial charge in [-0.05, 0) is 49.1 Å². The van der Waals surface area contributed by atoms with Gasteiger partial charge in [-0.1, -0.05) is 53.5 Å². The van der Waals surface area contributed by atoms with Crippen LogP contribution in [0, 0.1) is 5.82 Å². The van der Waals surface area contributed by atoms with Crippen LogP contribution in [-0.4, -0.2) is 0 Å². The SMILES string of the molecule is CCCCc1ccc(C(C)Nc2cc(Br)ccc2F)cc1. The van der Waals surface area contributed by atoms with E-state index in [1.165, 1.54) is 24.5 Å². The Morgan fingerprint density at radius 3 is 2.52 bits per heavy atom. The summed E-state index contributed by atoms with van der Waals surface area (Å²) >= 11 is 3.37. The fourth-order valence-electron chi connectivity index (χ4n) is 2.28. The molecule has 0 heterocycles. The highest BCUT2D eigenvalue weighted by Gasteiger charge is 2.09. The molecule has 0 aromatic heterocycles. The zero-order valence-corrected chi connectivity index (χ0v) is 14.1. The second-order valence-electron chi connectivity index (χ2n) is 5.34. The first kappa shape index (κ1) is 16.0. The van der Waals surface area contributed by atoms with Gasteiger partial charge in [0.1, 0.15) is 5.82 Å². The number of nitrogens with one attached hydrogen (secondary N) is 1. The molecule has 21 heavy (non-hydrogen) atoms. The number of benzene rings is 2. The molecule has 0 aliphatic rings. The first-order valence-corrected chi connectivity index (χ1v) is 8.20. The molecule has 0 aliphatic heterocycles. The molecule has 0 saturated carbocycles. The van der Waals surface area contributed by atoms with Gasteiger partial charge in [0.05, 0.1) is 5.69 Å². The van der Waals surface area contributed by atoms with E-state index in [-0.39, 0.29) is 11.9 Å². The number of rotatable bonds is 6. The quantitative estimate of drug-likeness (QED) is 0.663. The van der Waals surface area contributed by atoms with E-state index in [1.54, 1.807) is 12.1 Å². The molecule has 3 heteroatoms. The maximum atomic E-state index is 13.8. The Morgan fingerprint density at radius 2 is 1.86 bits per heavy atom. The number of hydrogen-bond acceptors (Lipinski definition) is 1. The summed E-state index contributed by atoms with van der Waals surface area (Å²) in [6.45, 7) is 4.24. The summed E-state index contributed by atoms with van der Waals surface area (Å²) < 4.78 is 14.6. The molecule has 0 radical (unpaired) electrons. The first-order valence-electron chi connectivity index (χ1n) is 7.40. The van der Waals surface area contributed by atoms with Crippen molar-refractivity contribution in [2.24, 2.45) is 0 Å². The van der Waals surface area contributed by atoms with Crippen LogP contribution in [-0.2, 0) is 6.42 Å². The summed E-state index contributed by atoms with van der Waals surface area (Å²) in [5, 5.41) is 3.22. The van der Waals surface area contributed by atoms with E-state index in [2.05, 4.69) is 52.4 Å². The molecule has 2 aromatic rings. The maximum Gasteiger partial charge on any atom is 0.146 e. The molecule has 0 bridgehead atoms. The number of aryl methyl sites for hydroxylation is 1. The van der Waals surface area contributed by atoms with Crippen molar-refractivity contribution in [1.82, 2.24) is 0 Å². The van der Waals surface area contributed by atoms with E-state index in [0.29, 0.717) is 5.69 Å². The fraction of sp³-hybridized carbons (Fsp3) is 0.333. The van der Waals surface area contributed by atoms with Crippen molar-refractivity contribution in [1.29, 1.82) is 0 Å². The molecule has 0 aliphatic carbocycles. The maximum absolute atomic E-state index is 13.8. The van der Waals surface area contributed by atoms with Crippen LogP contribution in [0.1, 0.15) is 43.9 Å². The predicted molar refractivity (Wildman–Crippen MR) is 91.2 cm³/mol. The van der Waals surface area contributed by atoms with Gasteiger partial charge in [0, 0.05) is 10.5 Å². The van der Waals surface area contributed by atoms with Gasteiger partial charge in [0.25, 0.3) is 0 Å². The molecule has 0 amide bonds. The predicted octanol–water partition coefficient (Wildman–Crippen LogP) is 6.10. The summed E-state index contributed by atoms with van der Waals surface area (Å²) in [5.74, 6) is -0.232. The third kappa shape index (κ3) is 4.57. The average Bonchev–Trinajstić information content (AvgIpc) is 2.49. The van der Waals surface area contributed by atoms with Crippen LogP contribution in [0.15, 0.2) is 46.9 Å². The summed E-state index contributed by atoms with van der Waals surface area (Å²) in [6.07, 6.45) is 3.55. The Kier molecular flexibility index (Phi) is 5.80. The van der Waals surface area contributed by atoms with Crippen LogP contribution in [0.25, 0.3) is 0 Å². The summed E-state index contributed by atoms with van der Waals surface area (Å²) in [7, 11) is 0. The van der Waals surface area contributed by atoms with Crippen molar-refractivity contribution in [3.8, 4) is 0 Å². The van der Waals surface area contributed by atoms with E-state index in [0.717, 1.165) is 16.5 Å². The molecule has 1 nitrogen and oxygen atoms in total. The molecular formula is C18H21BrFN. The van der Waals surface area contributed by atoms with E-state index >= 15 is 0 Å². The van der Waals surface area contributed by atoms with Gasteiger partial charge in [-0.3, -0.25) is 0 Å². The summed E-state index contributed by atoms with van der Waals surface area (Å²) in [4.78, 5) is 0. The summed E-state index contributed by atoms with van der Waals surface area (Å²) in [6, 6.07) is 13.6. The summed E-state index contributed by atoms with van der Waals surface area (Å²) in [5.41, 5.74) is 3.04. The fourth-order valence-corrected chi connectivity index (χ4v) is 2.64. The second-order valence-corrected chi connectivity index (χ2v) is 6.25. The lowest BCUT2D eigenvalue weighted by atomic mass is 10.0. The Bertz CT molecular complexity index is 580. The standard InChI is InChI=1S/C18H21BrFN/c1-3-4-5-14-6-8-15(9-7-14)13(2)21-18-12-16(19)10-11-17(18)20/h6-13,21H,3-5H2,1-2H3. The number of hydrogen-bond donors (Lipinski definition) is 1. The Morgan fingerprint density at radius 1 is 1.14 bits per heavy atom. The number of unbranched alkanes of at least 4 members (excludes halogenated alkanes) is 1. The molecule has 0 fully saturated rings. The van der Waals surface area contributed by atoms with Gasteiger partial charge in [-0.2, -0.15) is 0 Å². The van der Waals surface area contributed by atoms with Crippen molar-refractivity contribution in [3.05, 3.63) is 63.9 Å². The Hall–Kier alpha value is -1.35. The molecular weight excluding hydrogens is 329 g/mol. The van der Waals surface area contributed by atoms with Gasteiger partial charge in [-0.25, -0.2) is 4.39 Å². The third-order valence-corrected chi connectivity index (χ3v) is 4.09. The monoisotopic (exact) mass is 349 g/mol. The van der Waals surface area contributed by atoms with Crippen LogP contribution in [0.4, 0.5) is 10.1 Å². The minimum atomic E-state index is -0.232. The lowest BCUT2D eigenvalue weighted by Crippen LogP contribution is -2.08. The van der Waals surface area contributed by atoms with Crippen molar-refractivity contribution in [2.75, 3.05) is 5.32 Å². The molecule has 2 rings (SSSR count). The van der Waals surface area contributed by atoms with Gasteiger partial charge < -0.3 is 5.32 Å². The lowest BCUT2D eigenvalue weighted by molar-refractivity contribution is 0.627. The van der Waals surface area contributed by atoms with Crippen molar-refractivity contribution < 1.29 is 4.39 Å². The number of anilines is 1. The zero-order chi connectivity index (χ0) is 15.2. The second kappa shape index (κ2) is 7.60. The van der Waals surface area contributed by atoms with Crippen LogP contribution in [0.5, 0.6) is 0 Å². The van der Waals surface area contributed by atoms with Gasteiger partial charge in [0.15, 0.2) is 0 Å². The molecule has 1 N–H and O–H groups in total. The lowest BCUT2D eigenvalue weighted by Gasteiger charge is -2.17. The molecule has 112 valence electrons. The van der Waals surface area contributed by atoms with E-state index in [9.17, 15) is 4.39 Å². The average molecular weight is 350 g/mol. The highest BCUT2D eigenvalue weighted by molar-refractivity contribution is 9.10. The highest BCUT2D eigenvalue weighted by atomic mass is 79.9. The minimum absolute atomic E-state index is 0.0639. The molecule has 2 aromatic carbocycles. The van der Waals surface area contributed by atoms with E-state index in [4.69, 9.17) is 0 Å². The van der Waals surface area contributed by atoms with Crippen LogP contribution in [0.3, 0.4) is 0 Å². The smallest absolute Gasteiger partial charge is 0.146 e. The largest absolute Gasteiger partial charge is 0.376 e. The van der Waals surface area contributed by atoms with Crippen LogP contribution in [0.2, 0.25) is 0 Å². The van der Waals surface area contributed by atoms with E-state index < -0.39 is 0 Å². The normalized spacial score (nSPS) is 12.2. The van der Waals surface area contributed by atoms with Crippen LogP contribution >= 0.6 is 15.9 Å². The molecule has 1 unspecified atom stereocenters. The Labute approximate surface area is 134 Å². The highest BCUT2D eigenvalue weighted by Crippen LogP contribution is 2.25. The van der Waals surface area contributed by atoms with Gasteiger partial charge in [-0.15, -0.1) is 0 Å². The van der Waals surface area contributed by atoms with Crippen LogP contribution < -0.4 is 5.32 Å². The number of halogens is 2. The molecule has 0 spiro atoms. The van der Waals surface area contributed by atoms with Crippen molar-refractivity contribution in [3.63, 3.8) is 0 Å². The van der Waals surface area contributed by atoms with Gasteiger partial charge >= 0.3 is 0 Å². The topological polar surface area (TPSA) is 12.0 Å². The van der Waals surface area contributed by atoms with Crippen molar-refractivity contribution >= 4 is 21.6 Å². The minimum Gasteiger partial charge on any atom is -0.376 e. The zero-order valence-electron chi connectivity index (χ0n) is 12.5. The van der Waals surface area contributed by atoms with Gasteiger partial charge in [0.2, 0.25) is 0 Å². The third-order valence-electron chi connectivity index (χ3n) is 3.60. The Balaban J connectivity index is 2.05. The van der Waals surface area contributed by atoms with Crippen molar-refractivity contribution in [2.45, 2.75) is 39.2 Å². The molecule has 1 atom stereocenters. The molecule has 0 saturated heterocycles. The van der Waals surface area contributed by atoms with E-state index in [1.807, 2.05) is 6.92 Å².